The highest BCUT2D eigenvalue weighted by atomic mass is 16.1. The van der Waals surface area contributed by atoms with Gasteiger partial charge in [0.25, 0.3) is 0 Å². The molecule has 1 aliphatic carbocycles. The normalized spacial score (nSPS) is 18.2. The SMILES string of the molecule is N#Cc1cc(N2CCC(C(=O)NC3=CCCC=C3)CC2)ncn1. The molecule has 2 aliphatic rings. The Hall–Kier alpha value is -2.68. The average Bonchev–Trinajstić information content (AvgIpc) is 2.63. The van der Waals surface area contributed by atoms with Crippen LogP contribution in [0.5, 0.6) is 0 Å². The fourth-order valence-corrected chi connectivity index (χ4v) is 2.90. The van der Waals surface area contributed by atoms with E-state index in [4.69, 9.17) is 5.26 Å². The van der Waals surface area contributed by atoms with Crippen LogP contribution in [0.4, 0.5) is 5.82 Å². The van der Waals surface area contributed by atoms with Crippen LogP contribution in [0.25, 0.3) is 0 Å². The molecule has 1 aliphatic heterocycles. The molecule has 0 aromatic carbocycles. The Morgan fingerprint density at radius 1 is 1.30 bits per heavy atom. The van der Waals surface area contributed by atoms with Crippen LogP contribution >= 0.6 is 0 Å². The van der Waals surface area contributed by atoms with Crippen LogP contribution in [-0.4, -0.2) is 29.0 Å². The lowest BCUT2D eigenvalue weighted by molar-refractivity contribution is -0.124. The van der Waals surface area contributed by atoms with Gasteiger partial charge in [-0.2, -0.15) is 5.26 Å². The van der Waals surface area contributed by atoms with Gasteiger partial charge in [0.1, 0.15) is 23.9 Å². The van der Waals surface area contributed by atoms with E-state index in [1.807, 2.05) is 12.1 Å². The second-order valence-corrected chi connectivity index (χ2v) is 5.76. The van der Waals surface area contributed by atoms with E-state index in [0.29, 0.717) is 5.69 Å². The first-order chi connectivity index (χ1) is 11.3. The van der Waals surface area contributed by atoms with Crippen LogP contribution in [0.15, 0.2) is 36.3 Å². The van der Waals surface area contributed by atoms with Crippen molar-refractivity contribution in [2.24, 2.45) is 5.92 Å². The summed E-state index contributed by atoms with van der Waals surface area (Å²) in [5, 5.41) is 11.9. The Bertz CT molecular complexity index is 680. The first-order valence-corrected chi connectivity index (χ1v) is 7.91. The van der Waals surface area contributed by atoms with Crippen LogP contribution in [0.3, 0.4) is 0 Å². The van der Waals surface area contributed by atoms with Crippen molar-refractivity contribution in [3.8, 4) is 6.07 Å². The van der Waals surface area contributed by atoms with Crippen LogP contribution in [0.2, 0.25) is 0 Å². The number of anilines is 1. The van der Waals surface area contributed by atoms with Crippen LogP contribution < -0.4 is 10.2 Å². The molecule has 118 valence electrons. The number of rotatable bonds is 3. The van der Waals surface area contributed by atoms with Gasteiger partial charge < -0.3 is 10.2 Å². The maximum Gasteiger partial charge on any atom is 0.227 e. The molecule has 6 nitrogen and oxygen atoms in total. The number of carbonyl (C=O) groups is 1. The van der Waals surface area contributed by atoms with E-state index in [2.05, 4.69) is 32.3 Å². The Labute approximate surface area is 135 Å². The van der Waals surface area contributed by atoms with Gasteiger partial charge in [-0.25, -0.2) is 9.97 Å². The summed E-state index contributed by atoms with van der Waals surface area (Å²) in [5.41, 5.74) is 1.28. The molecule has 3 rings (SSSR count). The molecule has 0 saturated carbocycles. The zero-order valence-electron chi connectivity index (χ0n) is 12.9. The summed E-state index contributed by atoms with van der Waals surface area (Å²) in [6.07, 6.45) is 11.1. The van der Waals surface area contributed by atoms with Gasteiger partial charge in [0, 0.05) is 30.8 Å². The zero-order chi connectivity index (χ0) is 16.1. The average molecular weight is 309 g/mol. The third-order valence-corrected chi connectivity index (χ3v) is 4.22. The molecule has 0 bridgehead atoms. The van der Waals surface area contributed by atoms with E-state index < -0.39 is 0 Å². The van der Waals surface area contributed by atoms with Gasteiger partial charge >= 0.3 is 0 Å². The van der Waals surface area contributed by atoms with Crippen molar-refractivity contribution in [1.29, 1.82) is 5.26 Å². The van der Waals surface area contributed by atoms with Crippen molar-refractivity contribution in [1.82, 2.24) is 15.3 Å². The number of amides is 1. The molecule has 1 aromatic rings. The monoisotopic (exact) mass is 309 g/mol. The van der Waals surface area contributed by atoms with Gasteiger partial charge in [-0.15, -0.1) is 0 Å². The minimum absolute atomic E-state index is 0.0275. The molecule has 2 heterocycles. The van der Waals surface area contributed by atoms with Crippen molar-refractivity contribution >= 4 is 11.7 Å². The van der Waals surface area contributed by atoms with E-state index in [1.54, 1.807) is 6.07 Å². The number of aromatic nitrogens is 2. The van der Waals surface area contributed by atoms with E-state index >= 15 is 0 Å². The van der Waals surface area contributed by atoms with Crippen molar-refractivity contribution in [2.45, 2.75) is 25.7 Å². The second-order valence-electron chi connectivity index (χ2n) is 5.76. The first kappa shape index (κ1) is 15.2. The maximum atomic E-state index is 12.3. The van der Waals surface area contributed by atoms with E-state index in [9.17, 15) is 4.79 Å². The smallest absolute Gasteiger partial charge is 0.227 e. The molecule has 0 spiro atoms. The summed E-state index contributed by atoms with van der Waals surface area (Å²) >= 11 is 0. The highest BCUT2D eigenvalue weighted by molar-refractivity contribution is 5.81. The van der Waals surface area contributed by atoms with Gasteiger partial charge in [-0.1, -0.05) is 12.2 Å². The molecule has 0 radical (unpaired) electrons. The van der Waals surface area contributed by atoms with E-state index in [-0.39, 0.29) is 11.8 Å². The standard InChI is InChI=1S/C17H19N5O/c18-11-15-10-16(20-12-19-15)22-8-6-13(7-9-22)17(23)21-14-4-2-1-3-5-14/h2,4-5,10,12-13H,1,3,6-9H2,(H,21,23). The van der Waals surface area contributed by atoms with Crippen LogP contribution in [0, 0.1) is 17.2 Å². The molecule has 1 saturated heterocycles. The number of hydrogen-bond acceptors (Lipinski definition) is 5. The highest BCUT2D eigenvalue weighted by Gasteiger charge is 2.26. The highest BCUT2D eigenvalue weighted by Crippen LogP contribution is 2.22. The lowest BCUT2D eigenvalue weighted by Gasteiger charge is -2.32. The molecule has 1 aromatic heterocycles. The minimum atomic E-state index is 0.0275. The summed E-state index contributed by atoms with van der Waals surface area (Å²) in [6.45, 7) is 1.52. The van der Waals surface area contributed by atoms with E-state index in [0.717, 1.165) is 50.3 Å². The maximum absolute atomic E-state index is 12.3. The number of allylic oxidation sites excluding steroid dienone is 3. The summed E-state index contributed by atoms with van der Waals surface area (Å²) < 4.78 is 0. The topological polar surface area (TPSA) is 81.9 Å². The predicted octanol–water partition coefficient (Wildman–Crippen LogP) is 1.91. The lowest BCUT2D eigenvalue weighted by atomic mass is 9.95. The Kier molecular flexibility index (Phi) is 4.67. The Morgan fingerprint density at radius 2 is 2.13 bits per heavy atom. The predicted molar refractivity (Wildman–Crippen MR) is 86.3 cm³/mol. The van der Waals surface area contributed by atoms with Gasteiger partial charge in [-0.05, 0) is 31.8 Å². The fraction of sp³-hybridized carbons (Fsp3) is 0.412. The number of carbonyl (C=O) groups excluding carboxylic acids is 1. The molecule has 23 heavy (non-hydrogen) atoms. The number of nitrogens with zero attached hydrogens (tertiary/aromatic N) is 4. The minimum Gasteiger partial charge on any atom is -0.356 e. The number of hydrogen-bond donors (Lipinski definition) is 1. The van der Waals surface area contributed by atoms with Crippen molar-refractivity contribution < 1.29 is 4.79 Å². The van der Waals surface area contributed by atoms with Gasteiger partial charge in [0.15, 0.2) is 0 Å². The third kappa shape index (κ3) is 3.75. The molecule has 1 amide bonds. The molecular weight excluding hydrogens is 290 g/mol. The molecule has 1 fully saturated rings. The van der Waals surface area contributed by atoms with Crippen LogP contribution in [0.1, 0.15) is 31.4 Å². The van der Waals surface area contributed by atoms with Crippen LogP contribution in [-0.2, 0) is 4.79 Å². The summed E-state index contributed by atoms with van der Waals surface area (Å²) in [6, 6.07) is 3.72. The lowest BCUT2D eigenvalue weighted by Crippen LogP contribution is -2.40. The van der Waals surface area contributed by atoms with Crippen molar-refractivity contribution in [3.05, 3.63) is 42.0 Å². The van der Waals surface area contributed by atoms with Gasteiger partial charge in [-0.3, -0.25) is 4.79 Å². The van der Waals surface area contributed by atoms with Crippen molar-refractivity contribution in [3.63, 3.8) is 0 Å². The van der Waals surface area contributed by atoms with Gasteiger partial charge in [0.2, 0.25) is 5.91 Å². The molecule has 6 heteroatoms. The van der Waals surface area contributed by atoms with Gasteiger partial charge in [0.05, 0.1) is 0 Å². The molecule has 0 atom stereocenters. The quantitative estimate of drug-likeness (QED) is 0.922. The first-order valence-electron chi connectivity index (χ1n) is 7.91. The third-order valence-electron chi connectivity index (χ3n) is 4.22. The number of nitriles is 1. The number of nitrogens with one attached hydrogen (secondary N) is 1. The summed E-state index contributed by atoms with van der Waals surface area (Å²) in [7, 11) is 0. The zero-order valence-corrected chi connectivity index (χ0v) is 12.9. The fourth-order valence-electron chi connectivity index (χ4n) is 2.90. The summed E-state index contributed by atoms with van der Waals surface area (Å²) in [4.78, 5) is 22.5. The largest absolute Gasteiger partial charge is 0.356 e. The molecule has 0 unspecified atom stereocenters. The molecular formula is C17H19N5O. The second kappa shape index (κ2) is 7.05. The summed E-state index contributed by atoms with van der Waals surface area (Å²) in [5.74, 6) is 0.885. The van der Waals surface area contributed by atoms with Crippen molar-refractivity contribution in [2.75, 3.05) is 18.0 Å². The van der Waals surface area contributed by atoms with E-state index in [1.165, 1.54) is 6.33 Å². The Balaban J connectivity index is 1.55. The molecule has 1 N–H and O–H groups in total. The Morgan fingerprint density at radius 3 is 2.83 bits per heavy atom. The number of piperidine rings is 1.